The van der Waals surface area contributed by atoms with Crippen LogP contribution < -0.4 is 11.1 Å². The van der Waals surface area contributed by atoms with Gasteiger partial charge in [-0.2, -0.15) is 0 Å². The summed E-state index contributed by atoms with van der Waals surface area (Å²) in [7, 11) is 0. The molecule has 1 aromatic carbocycles. The fourth-order valence-electron chi connectivity index (χ4n) is 1.61. The van der Waals surface area contributed by atoms with E-state index in [9.17, 15) is 9.18 Å². The van der Waals surface area contributed by atoms with E-state index >= 15 is 0 Å². The van der Waals surface area contributed by atoms with Gasteiger partial charge in [-0.25, -0.2) is 9.18 Å². The van der Waals surface area contributed by atoms with E-state index < -0.39 is 17.5 Å². The van der Waals surface area contributed by atoms with E-state index in [1.54, 1.807) is 32.9 Å². The Labute approximate surface area is 118 Å². The third-order valence-electron chi connectivity index (χ3n) is 2.44. The molecule has 0 fully saturated rings. The van der Waals surface area contributed by atoms with Crippen molar-refractivity contribution in [2.45, 2.75) is 32.8 Å². The van der Waals surface area contributed by atoms with Gasteiger partial charge in [0, 0.05) is 11.3 Å². The second kappa shape index (κ2) is 6.52. The Morgan fingerprint density at radius 2 is 2.10 bits per heavy atom. The van der Waals surface area contributed by atoms with Crippen LogP contribution in [0.3, 0.4) is 0 Å². The Bertz CT molecular complexity index is 507. The number of halogens is 1. The molecule has 0 heterocycles. The van der Waals surface area contributed by atoms with Crippen molar-refractivity contribution in [1.29, 1.82) is 0 Å². The molecule has 0 unspecified atom stereocenters. The summed E-state index contributed by atoms with van der Waals surface area (Å²) in [6, 6.07) is 4.41. The number of hydrogen-bond donors (Lipinski definition) is 2. The van der Waals surface area contributed by atoms with Crippen LogP contribution in [0.2, 0.25) is 0 Å². The van der Waals surface area contributed by atoms with Crippen molar-refractivity contribution in [2.24, 2.45) is 5.73 Å². The minimum Gasteiger partial charge on any atom is -0.444 e. The monoisotopic (exact) mass is 280 g/mol. The van der Waals surface area contributed by atoms with Gasteiger partial charge in [0.05, 0.1) is 0 Å². The molecule has 0 aliphatic carbocycles. The molecule has 0 aliphatic rings. The van der Waals surface area contributed by atoms with Gasteiger partial charge < -0.3 is 10.5 Å². The minimum atomic E-state index is -0.620. The third-order valence-corrected chi connectivity index (χ3v) is 2.44. The van der Waals surface area contributed by atoms with Crippen LogP contribution in [-0.4, -0.2) is 18.2 Å². The number of amides is 1. The van der Waals surface area contributed by atoms with E-state index in [0.717, 1.165) is 0 Å². The van der Waals surface area contributed by atoms with Crippen LogP contribution in [-0.2, 0) is 4.74 Å². The molecule has 1 rings (SSSR count). The number of carbonyl (C=O) groups excluding carboxylic acids is 1. The van der Waals surface area contributed by atoms with Crippen molar-refractivity contribution >= 4 is 17.4 Å². The highest BCUT2D eigenvalue weighted by Crippen LogP contribution is 2.22. The van der Waals surface area contributed by atoms with E-state index in [0.29, 0.717) is 29.8 Å². The molecule has 0 bridgehead atoms. The first-order valence-corrected chi connectivity index (χ1v) is 6.40. The van der Waals surface area contributed by atoms with E-state index in [2.05, 4.69) is 11.9 Å². The van der Waals surface area contributed by atoms with Crippen molar-refractivity contribution in [2.75, 3.05) is 11.9 Å². The highest BCUT2D eigenvalue weighted by atomic mass is 19.1. The molecule has 0 aliphatic heterocycles. The molecule has 0 radical (unpaired) electrons. The second-order valence-electron chi connectivity index (χ2n) is 5.46. The molecule has 110 valence electrons. The minimum absolute atomic E-state index is 0.334. The average molecular weight is 280 g/mol. The van der Waals surface area contributed by atoms with Gasteiger partial charge in [-0.3, -0.25) is 5.32 Å². The lowest BCUT2D eigenvalue weighted by molar-refractivity contribution is 0.0636. The molecule has 1 aromatic rings. The van der Waals surface area contributed by atoms with Crippen molar-refractivity contribution in [3.63, 3.8) is 0 Å². The standard InChI is InChI=1S/C15H21FN2O2/c1-10(7-8-17)12-6-5-11(9-13(12)16)18-14(19)20-15(2,3)4/h5-6,9H,1,7-8,17H2,2-4H3,(H,18,19). The van der Waals surface area contributed by atoms with Gasteiger partial charge in [0.1, 0.15) is 11.4 Å². The highest BCUT2D eigenvalue weighted by molar-refractivity contribution is 5.85. The van der Waals surface area contributed by atoms with Gasteiger partial charge >= 0.3 is 6.09 Å². The molecule has 5 heteroatoms. The summed E-state index contributed by atoms with van der Waals surface area (Å²) in [5, 5.41) is 2.48. The van der Waals surface area contributed by atoms with E-state index in [4.69, 9.17) is 10.5 Å². The maximum absolute atomic E-state index is 13.9. The lowest BCUT2D eigenvalue weighted by atomic mass is 10.0. The average Bonchev–Trinajstić information content (AvgIpc) is 2.26. The SMILES string of the molecule is C=C(CCN)c1ccc(NC(=O)OC(C)(C)C)cc1F. The van der Waals surface area contributed by atoms with Crippen LogP contribution in [0, 0.1) is 5.82 Å². The molecule has 0 atom stereocenters. The summed E-state index contributed by atoms with van der Waals surface area (Å²) in [6.07, 6.45) is -0.0964. The van der Waals surface area contributed by atoms with Crippen molar-refractivity contribution in [3.05, 3.63) is 36.2 Å². The third kappa shape index (κ3) is 5.01. The summed E-state index contributed by atoms with van der Waals surface area (Å²) in [5.41, 5.74) is 6.19. The Morgan fingerprint density at radius 3 is 2.60 bits per heavy atom. The lowest BCUT2D eigenvalue weighted by Gasteiger charge is -2.19. The molecule has 0 saturated heterocycles. The van der Waals surface area contributed by atoms with Gasteiger partial charge in [-0.15, -0.1) is 0 Å². The number of carbonyl (C=O) groups is 1. The fourth-order valence-corrected chi connectivity index (χ4v) is 1.61. The first-order chi connectivity index (χ1) is 9.23. The second-order valence-corrected chi connectivity index (χ2v) is 5.46. The van der Waals surface area contributed by atoms with Gasteiger partial charge in [0.15, 0.2) is 0 Å². The summed E-state index contributed by atoms with van der Waals surface area (Å²) in [5.74, 6) is -0.447. The number of ether oxygens (including phenoxy) is 1. The molecule has 0 saturated carbocycles. The Morgan fingerprint density at radius 1 is 1.45 bits per heavy atom. The molecule has 0 spiro atoms. The molecule has 0 aromatic heterocycles. The summed E-state index contributed by atoms with van der Waals surface area (Å²) in [4.78, 5) is 11.6. The first kappa shape index (κ1) is 16.2. The summed E-state index contributed by atoms with van der Waals surface area (Å²) >= 11 is 0. The Kier molecular flexibility index (Phi) is 5.27. The number of nitrogens with two attached hydrogens (primary N) is 1. The van der Waals surface area contributed by atoms with Gasteiger partial charge in [-0.05, 0) is 57.5 Å². The number of hydrogen-bond acceptors (Lipinski definition) is 3. The topological polar surface area (TPSA) is 64.3 Å². The van der Waals surface area contributed by atoms with Gasteiger partial charge in [-0.1, -0.05) is 6.58 Å². The maximum Gasteiger partial charge on any atom is 0.412 e. The maximum atomic E-state index is 13.9. The van der Waals surface area contributed by atoms with Crippen LogP contribution in [0.25, 0.3) is 5.57 Å². The fraction of sp³-hybridized carbons (Fsp3) is 0.400. The first-order valence-electron chi connectivity index (χ1n) is 6.40. The van der Waals surface area contributed by atoms with Crippen LogP contribution in [0.4, 0.5) is 14.9 Å². The van der Waals surface area contributed by atoms with E-state index in [1.165, 1.54) is 6.07 Å². The molecule has 1 amide bonds. The van der Waals surface area contributed by atoms with Crippen molar-refractivity contribution in [1.82, 2.24) is 0 Å². The van der Waals surface area contributed by atoms with Crippen molar-refractivity contribution < 1.29 is 13.9 Å². The summed E-state index contributed by atoms with van der Waals surface area (Å²) < 4.78 is 19.0. The van der Waals surface area contributed by atoms with Gasteiger partial charge in [0.25, 0.3) is 0 Å². The zero-order chi connectivity index (χ0) is 15.3. The molecular formula is C15H21FN2O2. The molecule has 20 heavy (non-hydrogen) atoms. The lowest BCUT2D eigenvalue weighted by Crippen LogP contribution is -2.27. The highest BCUT2D eigenvalue weighted by Gasteiger charge is 2.16. The largest absolute Gasteiger partial charge is 0.444 e. The smallest absolute Gasteiger partial charge is 0.412 e. The van der Waals surface area contributed by atoms with Crippen LogP contribution >= 0.6 is 0 Å². The Balaban J connectivity index is 2.78. The number of benzene rings is 1. The molecule has 4 nitrogen and oxygen atoms in total. The number of rotatable bonds is 4. The predicted octanol–water partition coefficient (Wildman–Crippen LogP) is 3.53. The Hall–Kier alpha value is -1.88. The number of nitrogens with one attached hydrogen (secondary N) is 1. The van der Waals surface area contributed by atoms with Crippen LogP contribution in [0.5, 0.6) is 0 Å². The molecular weight excluding hydrogens is 259 g/mol. The quantitative estimate of drug-likeness (QED) is 0.886. The van der Waals surface area contributed by atoms with E-state index in [1.807, 2.05) is 0 Å². The number of anilines is 1. The zero-order valence-electron chi connectivity index (χ0n) is 12.1. The normalized spacial score (nSPS) is 11.1. The summed E-state index contributed by atoms with van der Waals surface area (Å²) in [6.45, 7) is 9.47. The van der Waals surface area contributed by atoms with Crippen LogP contribution in [0.15, 0.2) is 24.8 Å². The van der Waals surface area contributed by atoms with E-state index in [-0.39, 0.29) is 0 Å². The van der Waals surface area contributed by atoms with Crippen LogP contribution in [0.1, 0.15) is 32.8 Å². The van der Waals surface area contributed by atoms with Gasteiger partial charge in [0.2, 0.25) is 0 Å². The zero-order valence-corrected chi connectivity index (χ0v) is 12.1. The predicted molar refractivity (Wildman–Crippen MR) is 79.0 cm³/mol. The van der Waals surface area contributed by atoms with Crippen molar-refractivity contribution in [3.8, 4) is 0 Å². The molecule has 3 N–H and O–H groups in total.